The molecule has 2 rings (SSSR count). The Morgan fingerprint density at radius 3 is 2.50 bits per heavy atom. The van der Waals surface area contributed by atoms with Crippen molar-refractivity contribution in [2.45, 2.75) is 26.9 Å². The fourth-order valence-corrected chi connectivity index (χ4v) is 4.34. The van der Waals surface area contributed by atoms with Gasteiger partial charge in [-0.1, -0.05) is 23.2 Å². The minimum Gasteiger partial charge on any atom is -0.479 e. The third-order valence-electron chi connectivity index (χ3n) is 4.03. The minimum atomic E-state index is -0.950. The highest BCUT2D eigenvalue weighted by molar-refractivity contribution is 7.80. The van der Waals surface area contributed by atoms with Crippen LogP contribution in [0.3, 0.4) is 0 Å². The van der Waals surface area contributed by atoms with Crippen LogP contribution in [0.5, 0.6) is 5.75 Å². The predicted molar refractivity (Wildman–Crippen MR) is 127 cm³/mol. The molecule has 0 aliphatic heterocycles. The number of amides is 1. The van der Waals surface area contributed by atoms with Crippen LogP contribution in [-0.4, -0.2) is 42.8 Å². The quantitative estimate of drug-likeness (QED) is 0.404. The summed E-state index contributed by atoms with van der Waals surface area (Å²) in [6.45, 7) is 4.91. The lowest BCUT2D eigenvalue weighted by Gasteiger charge is -2.16. The minimum absolute atomic E-state index is 0.101. The first-order valence-electron chi connectivity index (χ1n) is 9.21. The molecule has 0 spiro atoms. The number of carbonyl (C=O) groups excluding carboxylic acids is 3. The van der Waals surface area contributed by atoms with Crippen molar-refractivity contribution < 1.29 is 28.6 Å². The second kappa shape index (κ2) is 11.5. The zero-order valence-electron chi connectivity index (χ0n) is 17.5. The summed E-state index contributed by atoms with van der Waals surface area (Å²) in [6, 6.07) is 4.61. The molecule has 0 fully saturated rings. The van der Waals surface area contributed by atoms with Crippen molar-refractivity contribution >= 4 is 74.7 Å². The summed E-state index contributed by atoms with van der Waals surface area (Å²) in [5, 5.41) is 6.06. The van der Waals surface area contributed by atoms with Gasteiger partial charge in [0.25, 0.3) is 5.91 Å². The lowest BCUT2D eigenvalue weighted by molar-refractivity contribution is -0.125. The maximum absolute atomic E-state index is 12.5. The number of hydrogen-bond donors (Lipinski definition) is 2. The third kappa shape index (κ3) is 6.32. The number of esters is 2. The first kappa shape index (κ1) is 25.9. The number of carbonyl (C=O) groups is 3. The second-order valence-electron chi connectivity index (χ2n) is 6.25. The Hall–Kier alpha value is -2.40. The zero-order valence-corrected chi connectivity index (χ0v) is 20.7. The lowest BCUT2D eigenvalue weighted by Crippen LogP contribution is -2.42. The highest BCUT2D eigenvalue weighted by Crippen LogP contribution is 2.34. The van der Waals surface area contributed by atoms with E-state index < -0.39 is 23.9 Å². The van der Waals surface area contributed by atoms with Crippen molar-refractivity contribution in [3.05, 3.63) is 44.2 Å². The molecular formula is C20H20Cl2N2O6S2. The van der Waals surface area contributed by atoms with Gasteiger partial charge in [-0.2, -0.15) is 0 Å². The summed E-state index contributed by atoms with van der Waals surface area (Å²) >= 11 is 18.1. The Kier molecular flexibility index (Phi) is 9.26. The lowest BCUT2D eigenvalue weighted by atomic mass is 10.1. The molecule has 8 nitrogen and oxygen atoms in total. The number of hydrogen-bond acceptors (Lipinski definition) is 8. The molecule has 1 unspecified atom stereocenters. The molecule has 2 N–H and O–H groups in total. The van der Waals surface area contributed by atoms with Gasteiger partial charge >= 0.3 is 11.9 Å². The number of anilines is 1. The fraction of sp³-hybridized carbons (Fsp3) is 0.300. The average Bonchev–Trinajstić information content (AvgIpc) is 3.05. The number of benzene rings is 1. The van der Waals surface area contributed by atoms with Gasteiger partial charge in [-0.3, -0.25) is 10.1 Å². The van der Waals surface area contributed by atoms with E-state index in [0.717, 1.165) is 11.3 Å². The first-order valence-corrected chi connectivity index (χ1v) is 11.2. The summed E-state index contributed by atoms with van der Waals surface area (Å²) in [4.78, 5) is 37.1. The van der Waals surface area contributed by atoms with Crippen LogP contribution in [0.15, 0.2) is 18.2 Å². The van der Waals surface area contributed by atoms with Crippen LogP contribution in [0.4, 0.5) is 5.00 Å². The largest absolute Gasteiger partial charge is 0.479 e. The predicted octanol–water partition coefficient (Wildman–Crippen LogP) is 4.61. The van der Waals surface area contributed by atoms with Gasteiger partial charge in [-0.15, -0.1) is 11.3 Å². The monoisotopic (exact) mass is 518 g/mol. The summed E-state index contributed by atoms with van der Waals surface area (Å²) in [5.74, 6) is -1.53. The van der Waals surface area contributed by atoms with Crippen molar-refractivity contribution in [1.82, 2.24) is 5.32 Å². The van der Waals surface area contributed by atoms with E-state index in [-0.39, 0.29) is 37.9 Å². The molecule has 12 heteroatoms. The molecule has 0 aliphatic carbocycles. The molecule has 0 aliphatic rings. The van der Waals surface area contributed by atoms with E-state index in [1.807, 2.05) is 0 Å². The Morgan fingerprint density at radius 1 is 1.22 bits per heavy atom. The van der Waals surface area contributed by atoms with Crippen molar-refractivity contribution in [3.63, 3.8) is 0 Å². The second-order valence-corrected chi connectivity index (χ2v) is 8.52. The van der Waals surface area contributed by atoms with Gasteiger partial charge in [0.1, 0.15) is 15.6 Å². The highest BCUT2D eigenvalue weighted by Gasteiger charge is 2.27. The van der Waals surface area contributed by atoms with Crippen LogP contribution in [0.1, 0.15) is 39.4 Å². The summed E-state index contributed by atoms with van der Waals surface area (Å²) in [7, 11) is 1.23. The normalized spacial score (nSPS) is 11.3. The van der Waals surface area contributed by atoms with Crippen molar-refractivity contribution in [1.29, 1.82) is 0 Å². The van der Waals surface area contributed by atoms with Crippen LogP contribution in [-0.2, 0) is 14.3 Å². The van der Waals surface area contributed by atoms with Crippen molar-refractivity contribution in [3.8, 4) is 5.75 Å². The smallest absolute Gasteiger partial charge is 0.348 e. The number of nitrogens with one attached hydrogen (secondary N) is 2. The SMILES string of the molecule is CCOC(=O)c1c(NC(=S)NC(=O)C(C)Oc2ccc(Cl)cc2Cl)sc(C(=O)OC)c1C. The average molecular weight is 519 g/mol. The third-order valence-corrected chi connectivity index (χ3v) is 5.95. The van der Waals surface area contributed by atoms with Gasteiger partial charge in [-0.25, -0.2) is 9.59 Å². The number of halogens is 2. The van der Waals surface area contributed by atoms with Gasteiger partial charge in [0.15, 0.2) is 11.2 Å². The van der Waals surface area contributed by atoms with Gasteiger partial charge in [0.05, 0.1) is 24.3 Å². The number of ether oxygens (including phenoxy) is 3. The van der Waals surface area contributed by atoms with Gasteiger partial charge in [-0.05, 0) is 56.8 Å². The van der Waals surface area contributed by atoms with Crippen LogP contribution < -0.4 is 15.4 Å². The van der Waals surface area contributed by atoms with Crippen molar-refractivity contribution in [2.24, 2.45) is 0 Å². The van der Waals surface area contributed by atoms with E-state index >= 15 is 0 Å². The molecule has 1 atom stereocenters. The zero-order chi connectivity index (χ0) is 24.0. The maximum Gasteiger partial charge on any atom is 0.348 e. The Labute approximate surface area is 204 Å². The molecule has 32 heavy (non-hydrogen) atoms. The van der Waals surface area contributed by atoms with Crippen molar-refractivity contribution in [2.75, 3.05) is 19.0 Å². The van der Waals surface area contributed by atoms with E-state index in [2.05, 4.69) is 10.6 Å². The van der Waals surface area contributed by atoms with Gasteiger partial charge < -0.3 is 19.5 Å². The molecule has 2 aromatic rings. The van der Waals surface area contributed by atoms with E-state index in [1.165, 1.54) is 20.1 Å². The van der Waals surface area contributed by atoms with Crippen LogP contribution in [0, 0.1) is 6.92 Å². The molecule has 0 bridgehead atoms. The van der Waals surface area contributed by atoms with E-state index in [0.29, 0.717) is 10.6 Å². The summed E-state index contributed by atoms with van der Waals surface area (Å²) in [6.07, 6.45) is -0.950. The van der Waals surface area contributed by atoms with Gasteiger partial charge in [0.2, 0.25) is 0 Å². The van der Waals surface area contributed by atoms with Crippen LogP contribution in [0.2, 0.25) is 10.0 Å². The Morgan fingerprint density at radius 2 is 1.91 bits per heavy atom. The fourth-order valence-electron chi connectivity index (χ4n) is 2.50. The van der Waals surface area contributed by atoms with Crippen LogP contribution in [0.25, 0.3) is 0 Å². The molecular weight excluding hydrogens is 499 g/mol. The van der Waals surface area contributed by atoms with Crippen LogP contribution >= 0.6 is 46.8 Å². The molecule has 1 aromatic carbocycles. The van der Waals surface area contributed by atoms with Gasteiger partial charge in [0, 0.05) is 5.02 Å². The number of thiophene rings is 1. The molecule has 0 radical (unpaired) electrons. The molecule has 172 valence electrons. The first-order chi connectivity index (χ1) is 15.1. The number of methoxy groups -OCH3 is 1. The van der Waals surface area contributed by atoms with E-state index in [1.54, 1.807) is 26.0 Å². The molecule has 1 heterocycles. The van der Waals surface area contributed by atoms with E-state index in [4.69, 9.17) is 49.6 Å². The Bertz CT molecular complexity index is 1060. The van der Waals surface area contributed by atoms with E-state index in [9.17, 15) is 14.4 Å². The maximum atomic E-state index is 12.5. The number of rotatable bonds is 7. The standard InChI is InChI=1S/C20H20Cl2N2O6S2/c1-5-29-18(26)14-9(2)15(19(27)28-4)32-17(14)24-20(31)23-16(25)10(3)30-13-7-6-11(21)8-12(13)22/h6-8,10H,5H2,1-4H3,(H2,23,24,25,31). The molecule has 0 saturated heterocycles. The molecule has 1 amide bonds. The Balaban J connectivity index is 2.14. The topological polar surface area (TPSA) is 103 Å². The summed E-state index contributed by atoms with van der Waals surface area (Å²) < 4.78 is 15.4. The summed E-state index contributed by atoms with van der Waals surface area (Å²) in [5.41, 5.74) is 0.511. The molecule has 0 saturated carbocycles. The highest BCUT2D eigenvalue weighted by atomic mass is 35.5. The number of thiocarbonyl (C=S) groups is 1. The molecule has 1 aromatic heterocycles.